The third-order valence-corrected chi connectivity index (χ3v) is 2.96. The molecule has 0 heterocycles. The Labute approximate surface area is 112 Å². The molecule has 2 aromatic carbocycles. The number of hydrogen-bond donors (Lipinski definition) is 0. The quantitative estimate of drug-likeness (QED) is 0.582. The summed E-state index contributed by atoms with van der Waals surface area (Å²) in [7, 11) is 0. The van der Waals surface area contributed by atoms with E-state index in [9.17, 15) is 4.79 Å². The van der Waals surface area contributed by atoms with Crippen molar-refractivity contribution in [1.82, 2.24) is 0 Å². The topological polar surface area (TPSA) is 17.1 Å². The molecule has 0 saturated carbocycles. The zero-order valence-corrected chi connectivity index (χ0v) is 10.8. The highest BCUT2D eigenvalue weighted by atomic mass is 35.5. The van der Waals surface area contributed by atoms with Crippen molar-refractivity contribution in [2.75, 3.05) is 0 Å². The number of benzene rings is 2. The minimum Gasteiger partial charge on any atom is -0.289 e. The van der Waals surface area contributed by atoms with Crippen molar-refractivity contribution in [2.45, 2.75) is 6.92 Å². The molecule has 0 aliphatic rings. The van der Waals surface area contributed by atoms with Crippen molar-refractivity contribution in [3.05, 3.63) is 76.3 Å². The molecule has 2 rings (SSSR count). The summed E-state index contributed by atoms with van der Waals surface area (Å²) in [5, 5.41) is 0.692. The Balaban J connectivity index is 2.17. The molecule has 0 aromatic heterocycles. The van der Waals surface area contributed by atoms with Gasteiger partial charge in [0.15, 0.2) is 5.78 Å². The van der Waals surface area contributed by atoms with Gasteiger partial charge in [-0.3, -0.25) is 4.79 Å². The normalized spacial score (nSPS) is 10.8. The fraction of sp³-hybridized carbons (Fsp3) is 0.0625. The number of aryl methyl sites for hydroxylation is 1. The molecule has 0 spiro atoms. The van der Waals surface area contributed by atoms with Gasteiger partial charge < -0.3 is 0 Å². The van der Waals surface area contributed by atoms with Crippen molar-refractivity contribution in [1.29, 1.82) is 0 Å². The van der Waals surface area contributed by atoms with E-state index >= 15 is 0 Å². The van der Waals surface area contributed by atoms with Crippen molar-refractivity contribution in [2.24, 2.45) is 0 Å². The standard InChI is InChI=1S/C16H13ClO/c1-12-4-2-3-5-15(12)16(18)11-8-13-6-9-14(17)10-7-13/h2-11H,1H3/b11-8-. The van der Waals surface area contributed by atoms with Crippen molar-refractivity contribution in [3.8, 4) is 0 Å². The first-order valence-electron chi connectivity index (χ1n) is 5.70. The SMILES string of the molecule is Cc1ccccc1C(=O)/C=C\c1ccc(Cl)cc1. The van der Waals surface area contributed by atoms with Gasteiger partial charge in [-0.2, -0.15) is 0 Å². The first-order valence-corrected chi connectivity index (χ1v) is 6.08. The Bertz CT molecular complexity index is 582. The lowest BCUT2D eigenvalue weighted by Gasteiger charge is -2.00. The van der Waals surface area contributed by atoms with E-state index in [0.29, 0.717) is 5.02 Å². The number of hydrogen-bond acceptors (Lipinski definition) is 1. The van der Waals surface area contributed by atoms with Crippen LogP contribution in [0.3, 0.4) is 0 Å². The minimum absolute atomic E-state index is 0.0167. The summed E-state index contributed by atoms with van der Waals surface area (Å²) >= 11 is 5.80. The van der Waals surface area contributed by atoms with Crippen LogP contribution in [-0.2, 0) is 0 Å². The zero-order chi connectivity index (χ0) is 13.0. The van der Waals surface area contributed by atoms with Gasteiger partial charge in [0.1, 0.15) is 0 Å². The Morgan fingerprint density at radius 1 is 1.06 bits per heavy atom. The number of carbonyl (C=O) groups excluding carboxylic acids is 1. The molecule has 0 saturated heterocycles. The molecule has 0 radical (unpaired) electrons. The molecule has 1 nitrogen and oxygen atoms in total. The lowest BCUT2D eigenvalue weighted by atomic mass is 10.0. The van der Waals surface area contributed by atoms with Crippen LogP contribution in [0.2, 0.25) is 5.02 Å². The monoisotopic (exact) mass is 256 g/mol. The van der Waals surface area contributed by atoms with Crippen LogP contribution < -0.4 is 0 Å². The van der Waals surface area contributed by atoms with Crippen LogP contribution in [0.1, 0.15) is 21.5 Å². The van der Waals surface area contributed by atoms with Gasteiger partial charge in [0.2, 0.25) is 0 Å². The molecule has 0 amide bonds. The first kappa shape index (κ1) is 12.6. The predicted molar refractivity (Wildman–Crippen MR) is 76.0 cm³/mol. The third-order valence-electron chi connectivity index (χ3n) is 2.71. The second kappa shape index (κ2) is 5.65. The highest BCUT2D eigenvalue weighted by Crippen LogP contribution is 2.12. The van der Waals surface area contributed by atoms with Crippen LogP contribution in [0, 0.1) is 6.92 Å². The lowest BCUT2D eigenvalue weighted by molar-refractivity contribution is 0.104. The van der Waals surface area contributed by atoms with E-state index in [1.165, 1.54) is 0 Å². The second-order valence-electron chi connectivity index (χ2n) is 4.06. The van der Waals surface area contributed by atoms with Gasteiger partial charge in [-0.1, -0.05) is 54.1 Å². The van der Waals surface area contributed by atoms with E-state index in [1.807, 2.05) is 43.3 Å². The maximum absolute atomic E-state index is 12.0. The Morgan fingerprint density at radius 2 is 1.72 bits per heavy atom. The van der Waals surface area contributed by atoms with Crippen LogP contribution in [0.25, 0.3) is 6.08 Å². The average molecular weight is 257 g/mol. The van der Waals surface area contributed by atoms with Gasteiger partial charge in [-0.25, -0.2) is 0 Å². The second-order valence-corrected chi connectivity index (χ2v) is 4.50. The molecule has 0 fully saturated rings. The van der Waals surface area contributed by atoms with Crippen LogP contribution in [-0.4, -0.2) is 5.78 Å². The molecule has 18 heavy (non-hydrogen) atoms. The molecule has 2 aromatic rings. The maximum atomic E-state index is 12.0. The minimum atomic E-state index is 0.0167. The van der Waals surface area contributed by atoms with Crippen LogP contribution >= 0.6 is 11.6 Å². The predicted octanol–water partition coefficient (Wildman–Crippen LogP) is 4.54. The molecule has 0 atom stereocenters. The van der Waals surface area contributed by atoms with Gasteiger partial charge in [0, 0.05) is 10.6 Å². The van der Waals surface area contributed by atoms with E-state index in [0.717, 1.165) is 16.7 Å². The Morgan fingerprint density at radius 3 is 2.39 bits per heavy atom. The van der Waals surface area contributed by atoms with Gasteiger partial charge in [-0.05, 0) is 36.3 Å². The van der Waals surface area contributed by atoms with Gasteiger partial charge in [-0.15, -0.1) is 0 Å². The summed E-state index contributed by atoms with van der Waals surface area (Å²) in [6, 6.07) is 14.9. The fourth-order valence-electron chi connectivity index (χ4n) is 1.68. The van der Waals surface area contributed by atoms with Crippen molar-refractivity contribution >= 4 is 23.5 Å². The molecular weight excluding hydrogens is 244 g/mol. The van der Waals surface area contributed by atoms with Crippen molar-refractivity contribution in [3.63, 3.8) is 0 Å². The summed E-state index contributed by atoms with van der Waals surface area (Å²) in [5.41, 5.74) is 2.69. The number of ketones is 1. The molecule has 0 aliphatic heterocycles. The smallest absolute Gasteiger partial charge is 0.186 e. The highest BCUT2D eigenvalue weighted by Gasteiger charge is 2.03. The Kier molecular flexibility index (Phi) is 3.96. The van der Waals surface area contributed by atoms with Gasteiger partial charge >= 0.3 is 0 Å². The lowest BCUT2D eigenvalue weighted by Crippen LogP contribution is -1.96. The largest absolute Gasteiger partial charge is 0.289 e. The van der Waals surface area contributed by atoms with Crippen LogP contribution in [0.15, 0.2) is 54.6 Å². The molecule has 0 aliphatic carbocycles. The Hall–Kier alpha value is -1.86. The number of rotatable bonds is 3. The number of allylic oxidation sites excluding steroid dienone is 1. The first-order chi connectivity index (χ1) is 8.66. The third kappa shape index (κ3) is 3.08. The van der Waals surface area contributed by atoms with E-state index in [4.69, 9.17) is 11.6 Å². The number of carbonyl (C=O) groups is 1. The van der Waals surface area contributed by atoms with Crippen LogP contribution in [0.4, 0.5) is 0 Å². The molecular formula is C16H13ClO. The maximum Gasteiger partial charge on any atom is 0.186 e. The fourth-order valence-corrected chi connectivity index (χ4v) is 1.81. The zero-order valence-electron chi connectivity index (χ0n) is 10.1. The molecule has 0 N–H and O–H groups in total. The van der Waals surface area contributed by atoms with Crippen LogP contribution in [0.5, 0.6) is 0 Å². The summed E-state index contributed by atoms with van der Waals surface area (Å²) in [6.45, 7) is 1.93. The summed E-state index contributed by atoms with van der Waals surface area (Å²) in [6.07, 6.45) is 3.39. The van der Waals surface area contributed by atoms with E-state index in [1.54, 1.807) is 24.3 Å². The van der Waals surface area contributed by atoms with E-state index in [2.05, 4.69) is 0 Å². The van der Waals surface area contributed by atoms with E-state index in [-0.39, 0.29) is 5.78 Å². The number of halogens is 1. The molecule has 0 bridgehead atoms. The van der Waals surface area contributed by atoms with Gasteiger partial charge in [0.05, 0.1) is 0 Å². The van der Waals surface area contributed by atoms with Crippen molar-refractivity contribution < 1.29 is 4.79 Å². The highest BCUT2D eigenvalue weighted by molar-refractivity contribution is 6.30. The molecule has 2 heteroatoms. The molecule has 90 valence electrons. The van der Waals surface area contributed by atoms with E-state index < -0.39 is 0 Å². The summed E-state index contributed by atoms with van der Waals surface area (Å²) in [4.78, 5) is 12.0. The molecule has 0 unspecified atom stereocenters. The van der Waals surface area contributed by atoms with Gasteiger partial charge in [0.25, 0.3) is 0 Å². The average Bonchev–Trinajstić information content (AvgIpc) is 2.38. The summed E-state index contributed by atoms with van der Waals surface area (Å²) < 4.78 is 0. The summed E-state index contributed by atoms with van der Waals surface area (Å²) in [5.74, 6) is 0.0167.